The van der Waals surface area contributed by atoms with E-state index in [1.807, 2.05) is 0 Å². The summed E-state index contributed by atoms with van der Waals surface area (Å²) in [5, 5.41) is 8.25. The average molecular weight is 364 g/mol. The molecular weight excluding hydrogens is 347 g/mol. The van der Waals surface area contributed by atoms with Gasteiger partial charge in [-0.15, -0.1) is 0 Å². The summed E-state index contributed by atoms with van der Waals surface area (Å²) in [5.74, 6) is 0. The zero-order valence-electron chi connectivity index (χ0n) is 15.9. The second kappa shape index (κ2) is 5.49. The summed E-state index contributed by atoms with van der Waals surface area (Å²) in [6, 6.07) is 38.2. The zero-order chi connectivity index (χ0) is 18.9. The van der Waals surface area contributed by atoms with E-state index in [-0.39, 0.29) is 6.71 Å². The summed E-state index contributed by atoms with van der Waals surface area (Å²) >= 11 is 0. The number of hydrogen-bond donors (Lipinski definition) is 0. The van der Waals surface area contributed by atoms with E-state index in [1.54, 1.807) is 0 Å². The monoisotopic (exact) mass is 364 g/mol. The van der Waals surface area contributed by atoms with Crippen LogP contribution in [0.2, 0.25) is 0 Å². The predicted octanol–water partition coefficient (Wildman–Crippen LogP) is 5.08. The Balaban J connectivity index is 1.75. The molecule has 0 saturated carbocycles. The van der Waals surface area contributed by atoms with Crippen LogP contribution < -0.4 is 16.4 Å². The summed E-state index contributed by atoms with van der Waals surface area (Å²) in [5.41, 5.74) is 6.94. The van der Waals surface area contributed by atoms with Crippen molar-refractivity contribution in [2.24, 2.45) is 0 Å². The van der Waals surface area contributed by atoms with Gasteiger partial charge < -0.3 is 0 Å². The SMILES string of the molecule is c1ccc(B2c3ccccc3-c3cc4cccc5ccc6ccc2c3c6c54)cc1. The number of rotatable bonds is 1. The standard InChI is InChI=1S/C28H17B/c1-2-9-21(10-3-1)29-24-12-5-4-11-22(24)23-17-20-8-6-7-18-13-14-19-15-16-25(29)28(23)27(19)26(18)20/h1-17H. The van der Waals surface area contributed by atoms with Gasteiger partial charge in [0.05, 0.1) is 0 Å². The van der Waals surface area contributed by atoms with Gasteiger partial charge >= 0.3 is 0 Å². The molecule has 1 aliphatic rings. The molecule has 6 aromatic carbocycles. The molecule has 132 valence electrons. The lowest BCUT2D eigenvalue weighted by Gasteiger charge is -2.29. The van der Waals surface area contributed by atoms with Crippen molar-refractivity contribution in [3.05, 3.63) is 103 Å². The summed E-state index contributed by atoms with van der Waals surface area (Å²) < 4.78 is 0. The molecule has 0 fully saturated rings. The maximum atomic E-state index is 2.41. The van der Waals surface area contributed by atoms with Crippen molar-refractivity contribution in [2.75, 3.05) is 0 Å². The molecule has 0 aromatic heterocycles. The third-order valence-corrected chi connectivity index (χ3v) is 6.67. The van der Waals surface area contributed by atoms with Gasteiger partial charge in [0.25, 0.3) is 0 Å². The Kier molecular flexibility index (Phi) is 2.91. The third-order valence-electron chi connectivity index (χ3n) is 6.67. The van der Waals surface area contributed by atoms with Crippen LogP contribution >= 0.6 is 0 Å². The fourth-order valence-electron chi connectivity index (χ4n) is 5.50. The van der Waals surface area contributed by atoms with Gasteiger partial charge in [-0.1, -0.05) is 113 Å². The Bertz CT molecular complexity index is 1550. The first kappa shape index (κ1) is 15.4. The second-order valence-electron chi connectivity index (χ2n) is 8.13. The minimum Gasteiger partial charge on any atom is -0.0686 e. The molecule has 0 unspecified atom stereocenters. The summed E-state index contributed by atoms with van der Waals surface area (Å²) in [4.78, 5) is 0. The van der Waals surface area contributed by atoms with Crippen molar-refractivity contribution in [1.29, 1.82) is 0 Å². The van der Waals surface area contributed by atoms with E-state index in [0.717, 1.165) is 0 Å². The highest BCUT2D eigenvalue weighted by Gasteiger charge is 2.32. The van der Waals surface area contributed by atoms with Crippen molar-refractivity contribution >= 4 is 55.4 Å². The van der Waals surface area contributed by atoms with Crippen molar-refractivity contribution in [3.63, 3.8) is 0 Å². The Morgan fingerprint density at radius 1 is 0.414 bits per heavy atom. The molecule has 0 N–H and O–H groups in total. The molecule has 0 aliphatic carbocycles. The molecule has 0 amide bonds. The van der Waals surface area contributed by atoms with Gasteiger partial charge in [0, 0.05) is 0 Å². The Labute approximate surface area is 169 Å². The molecule has 29 heavy (non-hydrogen) atoms. The first-order valence-electron chi connectivity index (χ1n) is 10.2. The Morgan fingerprint density at radius 3 is 2.03 bits per heavy atom. The Hall–Kier alpha value is -3.58. The van der Waals surface area contributed by atoms with Crippen LogP contribution in [0.15, 0.2) is 103 Å². The largest absolute Gasteiger partial charge is 0.242 e. The normalized spacial score (nSPS) is 12.8. The quantitative estimate of drug-likeness (QED) is 0.282. The van der Waals surface area contributed by atoms with Crippen LogP contribution in [0, 0.1) is 0 Å². The van der Waals surface area contributed by atoms with E-state index >= 15 is 0 Å². The van der Waals surface area contributed by atoms with Crippen LogP contribution in [0.25, 0.3) is 43.4 Å². The molecule has 0 nitrogen and oxygen atoms in total. The van der Waals surface area contributed by atoms with Crippen molar-refractivity contribution in [1.82, 2.24) is 0 Å². The number of hydrogen-bond acceptors (Lipinski definition) is 0. The van der Waals surface area contributed by atoms with Gasteiger partial charge in [0.15, 0.2) is 0 Å². The molecule has 0 spiro atoms. The fraction of sp³-hybridized carbons (Fsp3) is 0. The maximum absolute atomic E-state index is 2.41. The molecule has 6 aromatic rings. The molecule has 1 heteroatoms. The van der Waals surface area contributed by atoms with E-state index in [2.05, 4.69) is 103 Å². The van der Waals surface area contributed by atoms with Crippen LogP contribution in [0.1, 0.15) is 0 Å². The highest BCUT2D eigenvalue weighted by molar-refractivity contribution is 6.98. The third kappa shape index (κ3) is 1.95. The minimum absolute atomic E-state index is 0.268. The number of fused-ring (bicyclic) bond motifs is 2. The van der Waals surface area contributed by atoms with E-state index in [4.69, 9.17) is 0 Å². The molecule has 0 saturated heterocycles. The molecule has 0 radical (unpaired) electrons. The lowest BCUT2D eigenvalue weighted by Crippen LogP contribution is -2.54. The molecular formula is C28H17B. The van der Waals surface area contributed by atoms with Crippen LogP contribution in [0.3, 0.4) is 0 Å². The van der Waals surface area contributed by atoms with Crippen LogP contribution in [-0.4, -0.2) is 6.71 Å². The van der Waals surface area contributed by atoms with Crippen molar-refractivity contribution in [2.45, 2.75) is 0 Å². The van der Waals surface area contributed by atoms with Crippen LogP contribution in [0.4, 0.5) is 0 Å². The van der Waals surface area contributed by atoms with Gasteiger partial charge in [-0.3, -0.25) is 0 Å². The maximum Gasteiger partial charge on any atom is 0.242 e. The minimum atomic E-state index is 0.268. The summed E-state index contributed by atoms with van der Waals surface area (Å²) in [6.45, 7) is 0.268. The van der Waals surface area contributed by atoms with E-state index < -0.39 is 0 Å². The smallest absolute Gasteiger partial charge is 0.0686 e. The fourth-order valence-corrected chi connectivity index (χ4v) is 5.50. The van der Waals surface area contributed by atoms with Gasteiger partial charge in [-0.2, -0.15) is 0 Å². The molecule has 7 rings (SSSR count). The highest BCUT2D eigenvalue weighted by Crippen LogP contribution is 2.40. The van der Waals surface area contributed by atoms with E-state index in [0.29, 0.717) is 0 Å². The molecule has 0 atom stereocenters. The molecule has 1 aliphatic heterocycles. The second-order valence-corrected chi connectivity index (χ2v) is 8.13. The van der Waals surface area contributed by atoms with Gasteiger partial charge in [0.1, 0.15) is 0 Å². The molecule has 0 bridgehead atoms. The van der Waals surface area contributed by atoms with Crippen molar-refractivity contribution in [3.8, 4) is 11.1 Å². The highest BCUT2D eigenvalue weighted by atomic mass is 14.2. The molecule has 1 heterocycles. The first-order valence-corrected chi connectivity index (χ1v) is 10.2. The summed E-state index contributed by atoms with van der Waals surface area (Å²) in [6.07, 6.45) is 0. The zero-order valence-corrected chi connectivity index (χ0v) is 15.9. The van der Waals surface area contributed by atoms with Gasteiger partial charge in [-0.25, -0.2) is 0 Å². The van der Waals surface area contributed by atoms with Crippen molar-refractivity contribution < 1.29 is 0 Å². The first-order chi connectivity index (χ1) is 14.4. The average Bonchev–Trinajstić information content (AvgIpc) is 2.79. The van der Waals surface area contributed by atoms with E-state index in [1.165, 1.54) is 59.8 Å². The lowest BCUT2D eigenvalue weighted by molar-refractivity contribution is 1.68. The Morgan fingerprint density at radius 2 is 1.14 bits per heavy atom. The van der Waals surface area contributed by atoms with E-state index in [9.17, 15) is 0 Å². The van der Waals surface area contributed by atoms with Crippen LogP contribution in [0.5, 0.6) is 0 Å². The predicted molar refractivity (Wildman–Crippen MR) is 127 cm³/mol. The lowest BCUT2D eigenvalue weighted by atomic mass is 9.33. The van der Waals surface area contributed by atoms with Gasteiger partial charge in [-0.05, 0) is 49.5 Å². The van der Waals surface area contributed by atoms with Gasteiger partial charge in [0.2, 0.25) is 6.71 Å². The topological polar surface area (TPSA) is 0 Å². The van der Waals surface area contributed by atoms with Crippen LogP contribution in [-0.2, 0) is 0 Å². The summed E-state index contributed by atoms with van der Waals surface area (Å²) in [7, 11) is 0. The number of benzene rings is 6.